The molecule has 0 heterocycles. The molecule has 0 atom stereocenters. The average molecular weight is 359 g/mol. The van der Waals surface area contributed by atoms with Crippen LogP contribution in [-0.2, 0) is 16.0 Å². The Morgan fingerprint density at radius 3 is 2.15 bits per heavy atom. The van der Waals surface area contributed by atoms with E-state index in [9.17, 15) is 4.79 Å². The Hall–Kier alpha value is -1.57. The van der Waals surface area contributed by atoms with Gasteiger partial charge in [-0.25, -0.2) is 0 Å². The van der Waals surface area contributed by atoms with Crippen LogP contribution in [-0.4, -0.2) is 12.6 Å². The zero-order valence-corrected chi connectivity index (χ0v) is 16.8. The highest BCUT2D eigenvalue weighted by atomic mass is 16.5. The molecule has 0 spiro atoms. The normalized spacial score (nSPS) is 11.1. The van der Waals surface area contributed by atoms with E-state index in [-0.39, 0.29) is 5.97 Å². The molecule has 0 aliphatic rings. The van der Waals surface area contributed by atoms with Crippen molar-refractivity contribution in [2.24, 2.45) is 0 Å². The molecule has 1 rings (SSSR count). The number of esters is 1. The summed E-state index contributed by atoms with van der Waals surface area (Å²) >= 11 is 0. The fraction of sp³-hybridized carbons (Fsp3) is 0.625. The molecular formula is C24H38O2. The third-order valence-corrected chi connectivity index (χ3v) is 4.64. The van der Waals surface area contributed by atoms with Crippen LogP contribution >= 0.6 is 0 Å². The fourth-order valence-corrected chi connectivity index (χ4v) is 2.97. The van der Waals surface area contributed by atoms with Crippen LogP contribution in [0.2, 0.25) is 0 Å². The first kappa shape index (κ1) is 22.5. The Balaban J connectivity index is 1.82. The third-order valence-electron chi connectivity index (χ3n) is 4.64. The molecule has 2 heteroatoms. The molecule has 26 heavy (non-hydrogen) atoms. The van der Waals surface area contributed by atoms with E-state index in [0.717, 1.165) is 19.3 Å². The first-order valence-electron chi connectivity index (χ1n) is 10.7. The van der Waals surface area contributed by atoms with Crippen molar-refractivity contribution in [2.45, 2.75) is 90.4 Å². The van der Waals surface area contributed by atoms with Crippen molar-refractivity contribution in [3.8, 4) is 0 Å². The summed E-state index contributed by atoms with van der Waals surface area (Å²) in [6.45, 7) is 2.73. The highest BCUT2D eigenvalue weighted by Crippen LogP contribution is 2.11. The van der Waals surface area contributed by atoms with Crippen molar-refractivity contribution in [1.29, 1.82) is 0 Å². The zero-order chi connectivity index (χ0) is 18.7. The van der Waals surface area contributed by atoms with Gasteiger partial charge in [0, 0.05) is 12.8 Å². The number of unbranched alkanes of at least 4 members (excludes halogenated alkanes) is 9. The second-order valence-electron chi connectivity index (χ2n) is 7.08. The topological polar surface area (TPSA) is 26.3 Å². The van der Waals surface area contributed by atoms with Crippen molar-refractivity contribution in [3.05, 3.63) is 48.0 Å². The minimum absolute atomic E-state index is 0.0456. The van der Waals surface area contributed by atoms with Gasteiger partial charge >= 0.3 is 5.97 Å². The van der Waals surface area contributed by atoms with Crippen molar-refractivity contribution >= 4 is 5.97 Å². The lowest BCUT2D eigenvalue weighted by Gasteiger charge is -2.05. The lowest BCUT2D eigenvalue weighted by atomic mass is 10.1. The summed E-state index contributed by atoms with van der Waals surface area (Å²) in [5.41, 5.74) is 1.22. The molecule has 0 N–H and O–H groups in total. The van der Waals surface area contributed by atoms with Gasteiger partial charge in [-0.2, -0.15) is 0 Å². The third kappa shape index (κ3) is 13.7. The molecule has 0 unspecified atom stereocenters. The summed E-state index contributed by atoms with van der Waals surface area (Å²) in [6, 6.07) is 10.2. The summed E-state index contributed by atoms with van der Waals surface area (Å²) in [7, 11) is 0. The van der Waals surface area contributed by atoms with Gasteiger partial charge in [0.1, 0.15) is 0 Å². The van der Waals surface area contributed by atoms with E-state index in [4.69, 9.17) is 4.74 Å². The Morgan fingerprint density at radius 1 is 0.846 bits per heavy atom. The van der Waals surface area contributed by atoms with Crippen LogP contribution in [0.15, 0.2) is 42.5 Å². The molecule has 0 saturated carbocycles. The minimum atomic E-state index is -0.0456. The molecule has 146 valence electrons. The van der Waals surface area contributed by atoms with Gasteiger partial charge in [-0.05, 0) is 31.2 Å². The molecular weight excluding hydrogens is 320 g/mol. The first-order valence-corrected chi connectivity index (χ1v) is 10.7. The summed E-state index contributed by atoms with van der Waals surface area (Å²) in [6.07, 6.45) is 19.7. The van der Waals surface area contributed by atoms with E-state index >= 15 is 0 Å². The predicted octanol–water partition coefficient (Wildman–Crippen LogP) is 7.03. The van der Waals surface area contributed by atoms with Crippen LogP contribution in [0, 0.1) is 0 Å². The van der Waals surface area contributed by atoms with Crippen molar-refractivity contribution < 1.29 is 9.53 Å². The van der Waals surface area contributed by atoms with Crippen LogP contribution in [0.4, 0.5) is 0 Å². The maximum Gasteiger partial charge on any atom is 0.305 e. The van der Waals surface area contributed by atoms with Crippen LogP contribution in [0.3, 0.4) is 0 Å². The molecule has 1 aromatic rings. The van der Waals surface area contributed by atoms with E-state index in [1.165, 1.54) is 63.4 Å². The number of allylic oxidation sites excluding steroid dienone is 2. The van der Waals surface area contributed by atoms with Gasteiger partial charge in [-0.3, -0.25) is 4.79 Å². The van der Waals surface area contributed by atoms with Gasteiger partial charge in [-0.15, -0.1) is 0 Å². The standard InChI is InChI=1S/C24H38O2/c1-2-3-4-5-6-7-8-9-10-11-12-13-17-20-24(25)26-22-21-23-18-15-14-16-19-23/h5-6,14-16,18-19H,2-4,7-13,17,20-22H2,1H3/b6-5-. The van der Waals surface area contributed by atoms with Gasteiger partial charge < -0.3 is 4.74 Å². The summed E-state index contributed by atoms with van der Waals surface area (Å²) in [5.74, 6) is -0.0456. The molecule has 0 aromatic heterocycles. The molecule has 0 aliphatic carbocycles. The van der Waals surface area contributed by atoms with Crippen LogP contribution < -0.4 is 0 Å². The van der Waals surface area contributed by atoms with E-state index in [0.29, 0.717) is 13.0 Å². The second-order valence-corrected chi connectivity index (χ2v) is 7.08. The Morgan fingerprint density at radius 2 is 1.46 bits per heavy atom. The van der Waals surface area contributed by atoms with Gasteiger partial charge in [-0.1, -0.05) is 94.4 Å². The smallest absolute Gasteiger partial charge is 0.305 e. The maximum atomic E-state index is 11.7. The minimum Gasteiger partial charge on any atom is -0.465 e. The summed E-state index contributed by atoms with van der Waals surface area (Å²) in [4.78, 5) is 11.7. The SMILES string of the molecule is CCCC/C=C\CCCCCCCCCC(=O)OCCc1ccccc1. The molecule has 0 fully saturated rings. The first-order chi connectivity index (χ1) is 12.8. The highest BCUT2D eigenvalue weighted by Gasteiger charge is 2.02. The molecule has 0 bridgehead atoms. The Kier molecular flexibility index (Phi) is 14.6. The number of carbonyl (C=O) groups is 1. The van der Waals surface area contributed by atoms with Crippen molar-refractivity contribution in [2.75, 3.05) is 6.61 Å². The average Bonchev–Trinajstić information content (AvgIpc) is 2.66. The van der Waals surface area contributed by atoms with Gasteiger partial charge in [0.2, 0.25) is 0 Å². The largest absolute Gasteiger partial charge is 0.465 e. The van der Waals surface area contributed by atoms with E-state index in [1.54, 1.807) is 0 Å². The summed E-state index contributed by atoms with van der Waals surface area (Å²) in [5, 5.41) is 0. The lowest BCUT2D eigenvalue weighted by molar-refractivity contribution is -0.143. The molecule has 0 aliphatic heterocycles. The van der Waals surface area contributed by atoms with E-state index in [1.807, 2.05) is 18.2 Å². The zero-order valence-electron chi connectivity index (χ0n) is 16.8. The second kappa shape index (κ2) is 16.9. The van der Waals surface area contributed by atoms with Gasteiger partial charge in [0.15, 0.2) is 0 Å². The molecule has 1 aromatic carbocycles. The van der Waals surface area contributed by atoms with Crippen molar-refractivity contribution in [3.63, 3.8) is 0 Å². The van der Waals surface area contributed by atoms with Crippen LogP contribution in [0.5, 0.6) is 0 Å². The number of carbonyl (C=O) groups excluding carboxylic acids is 1. The van der Waals surface area contributed by atoms with Gasteiger partial charge in [0.25, 0.3) is 0 Å². The Labute approximate surface area is 161 Å². The lowest BCUT2D eigenvalue weighted by Crippen LogP contribution is -2.07. The number of ether oxygens (including phenoxy) is 1. The number of rotatable bonds is 16. The molecule has 0 saturated heterocycles. The molecule has 0 amide bonds. The molecule has 2 nitrogen and oxygen atoms in total. The number of hydrogen-bond donors (Lipinski definition) is 0. The van der Waals surface area contributed by atoms with Crippen molar-refractivity contribution in [1.82, 2.24) is 0 Å². The van der Waals surface area contributed by atoms with Crippen LogP contribution in [0.25, 0.3) is 0 Å². The molecule has 0 radical (unpaired) electrons. The number of hydrogen-bond acceptors (Lipinski definition) is 2. The van der Waals surface area contributed by atoms with E-state index < -0.39 is 0 Å². The summed E-state index contributed by atoms with van der Waals surface area (Å²) < 4.78 is 5.31. The fourth-order valence-electron chi connectivity index (χ4n) is 2.97. The quantitative estimate of drug-likeness (QED) is 0.180. The van der Waals surface area contributed by atoms with Crippen LogP contribution in [0.1, 0.15) is 89.5 Å². The van der Waals surface area contributed by atoms with Gasteiger partial charge in [0.05, 0.1) is 6.61 Å². The maximum absolute atomic E-state index is 11.7. The monoisotopic (exact) mass is 358 g/mol. The number of benzene rings is 1. The van der Waals surface area contributed by atoms with E-state index in [2.05, 4.69) is 31.2 Å². The highest BCUT2D eigenvalue weighted by molar-refractivity contribution is 5.69. The Bertz CT molecular complexity index is 464. The predicted molar refractivity (Wildman–Crippen MR) is 111 cm³/mol.